The van der Waals surface area contributed by atoms with Crippen molar-refractivity contribution in [1.29, 1.82) is 0 Å². The van der Waals surface area contributed by atoms with E-state index in [1.54, 1.807) is 0 Å². The van der Waals surface area contributed by atoms with Gasteiger partial charge < -0.3 is 10.1 Å². The van der Waals surface area contributed by atoms with E-state index in [0.717, 1.165) is 12.8 Å². The molecule has 1 aliphatic heterocycles. The molecule has 0 amide bonds. The Bertz CT molecular complexity index is 212. The monoisotopic (exact) mass is 239 g/mol. The number of rotatable bonds is 5. The summed E-state index contributed by atoms with van der Waals surface area (Å²) in [5, 5.41) is 3.11. The highest BCUT2D eigenvalue weighted by Crippen LogP contribution is 2.33. The molecule has 16 heavy (non-hydrogen) atoms. The highest BCUT2D eigenvalue weighted by atomic mass is 19.4. The summed E-state index contributed by atoms with van der Waals surface area (Å²) < 4.78 is 42.2. The van der Waals surface area contributed by atoms with Crippen LogP contribution in [0, 0.1) is 0 Å². The van der Waals surface area contributed by atoms with Crippen LogP contribution in [0.25, 0.3) is 0 Å². The highest BCUT2D eigenvalue weighted by molar-refractivity contribution is 4.92. The molecule has 0 aromatic heterocycles. The van der Waals surface area contributed by atoms with Gasteiger partial charge in [0.25, 0.3) is 0 Å². The van der Waals surface area contributed by atoms with Gasteiger partial charge in [-0.1, -0.05) is 6.92 Å². The van der Waals surface area contributed by atoms with E-state index in [1.165, 1.54) is 0 Å². The van der Waals surface area contributed by atoms with Gasteiger partial charge in [0.05, 0.1) is 5.60 Å². The van der Waals surface area contributed by atoms with Crippen LogP contribution in [-0.4, -0.2) is 31.0 Å². The van der Waals surface area contributed by atoms with E-state index in [1.807, 2.05) is 13.8 Å². The first-order chi connectivity index (χ1) is 7.37. The summed E-state index contributed by atoms with van der Waals surface area (Å²) in [5.41, 5.74) is -0.429. The molecule has 96 valence electrons. The molecule has 0 radical (unpaired) electrons. The van der Waals surface area contributed by atoms with Gasteiger partial charge >= 0.3 is 6.18 Å². The summed E-state index contributed by atoms with van der Waals surface area (Å²) in [4.78, 5) is 0. The van der Waals surface area contributed by atoms with E-state index in [0.29, 0.717) is 13.2 Å². The molecule has 1 saturated heterocycles. The van der Waals surface area contributed by atoms with Crippen molar-refractivity contribution < 1.29 is 17.9 Å². The SMILES string of the molecule is CCNC(CCC(F)(F)F)C1(C)CCCO1. The van der Waals surface area contributed by atoms with Crippen molar-refractivity contribution in [2.24, 2.45) is 0 Å². The molecule has 0 bridgehead atoms. The van der Waals surface area contributed by atoms with Gasteiger partial charge in [-0.2, -0.15) is 13.2 Å². The van der Waals surface area contributed by atoms with E-state index in [4.69, 9.17) is 4.74 Å². The molecule has 1 N–H and O–H groups in total. The minimum Gasteiger partial charge on any atom is -0.374 e. The van der Waals surface area contributed by atoms with E-state index in [9.17, 15) is 13.2 Å². The number of nitrogens with one attached hydrogen (secondary N) is 1. The molecular formula is C11H20F3NO. The first-order valence-corrected chi connectivity index (χ1v) is 5.81. The van der Waals surface area contributed by atoms with E-state index < -0.39 is 18.2 Å². The maximum atomic E-state index is 12.2. The Kier molecular flexibility index (Phi) is 4.62. The van der Waals surface area contributed by atoms with Gasteiger partial charge in [-0.3, -0.25) is 0 Å². The fourth-order valence-corrected chi connectivity index (χ4v) is 2.25. The molecule has 0 aromatic carbocycles. The summed E-state index contributed by atoms with van der Waals surface area (Å²) in [7, 11) is 0. The lowest BCUT2D eigenvalue weighted by Crippen LogP contribution is -2.48. The Labute approximate surface area is 94.5 Å². The van der Waals surface area contributed by atoms with Crippen LogP contribution in [-0.2, 0) is 4.74 Å². The molecule has 0 aliphatic carbocycles. The van der Waals surface area contributed by atoms with Gasteiger partial charge in [0, 0.05) is 19.1 Å². The topological polar surface area (TPSA) is 21.3 Å². The predicted octanol–water partition coefficient (Wildman–Crippen LogP) is 2.88. The summed E-state index contributed by atoms with van der Waals surface area (Å²) in [6.45, 7) is 5.13. The van der Waals surface area contributed by atoms with Crippen molar-refractivity contribution in [3.05, 3.63) is 0 Å². The van der Waals surface area contributed by atoms with Crippen molar-refractivity contribution in [2.75, 3.05) is 13.2 Å². The average molecular weight is 239 g/mol. The maximum Gasteiger partial charge on any atom is 0.389 e. The molecule has 2 unspecified atom stereocenters. The fraction of sp³-hybridized carbons (Fsp3) is 1.00. The molecular weight excluding hydrogens is 219 g/mol. The van der Waals surface area contributed by atoms with Gasteiger partial charge in [0.2, 0.25) is 0 Å². The zero-order valence-corrected chi connectivity index (χ0v) is 9.86. The van der Waals surface area contributed by atoms with Gasteiger partial charge in [-0.25, -0.2) is 0 Å². The minimum atomic E-state index is -4.08. The lowest BCUT2D eigenvalue weighted by atomic mass is 9.89. The van der Waals surface area contributed by atoms with E-state index in [-0.39, 0.29) is 12.5 Å². The normalized spacial score (nSPS) is 28.3. The Morgan fingerprint density at radius 1 is 1.44 bits per heavy atom. The highest BCUT2D eigenvalue weighted by Gasteiger charge is 2.40. The fourth-order valence-electron chi connectivity index (χ4n) is 2.25. The first kappa shape index (κ1) is 13.8. The number of hydrogen-bond acceptors (Lipinski definition) is 2. The molecule has 0 aromatic rings. The predicted molar refractivity (Wildman–Crippen MR) is 56.3 cm³/mol. The molecule has 0 spiro atoms. The number of hydrogen-bond donors (Lipinski definition) is 1. The van der Waals surface area contributed by atoms with Crippen molar-refractivity contribution in [2.45, 2.75) is 57.3 Å². The quantitative estimate of drug-likeness (QED) is 0.796. The standard InChI is InChI=1S/C11H20F3NO/c1-3-15-9(5-7-11(12,13)14)10(2)6-4-8-16-10/h9,15H,3-8H2,1-2H3. The van der Waals surface area contributed by atoms with E-state index in [2.05, 4.69) is 5.32 Å². The van der Waals surface area contributed by atoms with Crippen LogP contribution in [0.4, 0.5) is 13.2 Å². The second kappa shape index (κ2) is 5.36. The number of halogens is 3. The Morgan fingerprint density at radius 3 is 2.56 bits per heavy atom. The zero-order chi connectivity index (χ0) is 12.2. The van der Waals surface area contributed by atoms with Crippen LogP contribution < -0.4 is 5.32 Å². The number of ether oxygens (including phenoxy) is 1. The van der Waals surface area contributed by atoms with Gasteiger partial charge in [-0.15, -0.1) is 0 Å². The molecule has 1 rings (SSSR count). The average Bonchev–Trinajstić information content (AvgIpc) is 2.59. The molecule has 2 nitrogen and oxygen atoms in total. The van der Waals surface area contributed by atoms with E-state index >= 15 is 0 Å². The zero-order valence-electron chi connectivity index (χ0n) is 9.86. The molecule has 1 fully saturated rings. The van der Waals surface area contributed by atoms with Crippen molar-refractivity contribution in [3.63, 3.8) is 0 Å². The lowest BCUT2D eigenvalue weighted by Gasteiger charge is -2.34. The summed E-state index contributed by atoms with van der Waals surface area (Å²) in [6, 6.07) is -0.207. The van der Waals surface area contributed by atoms with Crippen LogP contribution >= 0.6 is 0 Å². The third-order valence-corrected chi connectivity index (χ3v) is 3.15. The van der Waals surface area contributed by atoms with Crippen molar-refractivity contribution in [3.8, 4) is 0 Å². The van der Waals surface area contributed by atoms with Crippen LogP contribution in [0.3, 0.4) is 0 Å². The van der Waals surface area contributed by atoms with Gasteiger partial charge in [-0.05, 0) is 32.7 Å². The Balaban J connectivity index is 2.53. The summed E-state index contributed by atoms with van der Waals surface area (Å²) in [5.74, 6) is 0. The van der Waals surface area contributed by atoms with Crippen LogP contribution in [0.1, 0.15) is 39.5 Å². The first-order valence-electron chi connectivity index (χ1n) is 5.81. The molecule has 1 aliphatic rings. The Morgan fingerprint density at radius 2 is 2.12 bits per heavy atom. The number of likely N-dealkylation sites (N-methyl/N-ethyl adjacent to an activating group) is 1. The number of alkyl halides is 3. The minimum absolute atomic E-state index is 0.0911. The Hall–Kier alpha value is -0.290. The second-order valence-electron chi connectivity index (χ2n) is 4.53. The van der Waals surface area contributed by atoms with Gasteiger partial charge in [0.15, 0.2) is 0 Å². The second-order valence-corrected chi connectivity index (χ2v) is 4.53. The van der Waals surface area contributed by atoms with Crippen molar-refractivity contribution >= 4 is 0 Å². The lowest BCUT2D eigenvalue weighted by molar-refractivity contribution is -0.140. The summed E-state index contributed by atoms with van der Waals surface area (Å²) >= 11 is 0. The van der Waals surface area contributed by atoms with Crippen LogP contribution in [0.2, 0.25) is 0 Å². The third-order valence-electron chi connectivity index (χ3n) is 3.15. The molecule has 1 heterocycles. The van der Waals surface area contributed by atoms with Crippen molar-refractivity contribution in [1.82, 2.24) is 5.32 Å². The molecule has 2 atom stereocenters. The maximum absolute atomic E-state index is 12.2. The largest absolute Gasteiger partial charge is 0.389 e. The molecule has 5 heteroatoms. The van der Waals surface area contributed by atoms with Gasteiger partial charge in [0.1, 0.15) is 0 Å². The smallest absolute Gasteiger partial charge is 0.374 e. The summed E-state index contributed by atoms with van der Waals surface area (Å²) in [6.07, 6.45) is -2.97. The third kappa shape index (κ3) is 3.94. The van der Waals surface area contributed by atoms with Crippen LogP contribution in [0.15, 0.2) is 0 Å². The molecule has 0 saturated carbocycles. The van der Waals surface area contributed by atoms with Crippen LogP contribution in [0.5, 0.6) is 0 Å².